The molecule has 2 bridgehead atoms. The fraction of sp³-hybridized carbons (Fsp3) is 0.682. The van der Waals surface area contributed by atoms with Gasteiger partial charge in [0.05, 0.1) is 11.7 Å². The van der Waals surface area contributed by atoms with Crippen molar-refractivity contribution < 1.29 is 4.79 Å². The molecule has 4 atom stereocenters. The van der Waals surface area contributed by atoms with Crippen LogP contribution in [0.2, 0.25) is 0 Å². The Hall–Kier alpha value is -1.69. The number of fused-ring (bicyclic) bond motifs is 5. The third-order valence-electron chi connectivity index (χ3n) is 7.35. The number of nitrogens with one attached hydrogen (secondary N) is 1. The minimum Gasteiger partial charge on any atom is -0.353 e. The van der Waals surface area contributed by atoms with E-state index in [1.807, 2.05) is 0 Å². The zero-order valence-electron chi connectivity index (χ0n) is 16.6. The highest BCUT2D eigenvalue weighted by Crippen LogP contribution is 2.49. The fourth-order valence-corrected chi connectivity index (χ4v) is 7.12. The predicted molar refractivity (Wildman–Crippen MR) is 112 cm³/mol. The van der Waals surface area contributed by atoms with Gasteiger partial charge in [0.2, 0.25) is 5.91 Å². The molecule has 1 N–H and O–H groups in total. The third kappa shape index (κ3) is 3.19. The molecule has 3 aliphatic carbocycles. The molecule has 0 saturated heterocycles. The summed E-state index contributed by atoms with van der Waals surface area (Å²) < 4.78 is 1.63. The van der Waals surface area contributed by atoms with Crippen LogP contribution in [-0.4, -0.2) is 21.5 Å². The molecule has 0 spiro atoms. The largest absolute Gasteiger partial charge is 0.353 e. The van der Waals surface area contributed by atoms with Crippen LogP contribution in [-0.2, 0) is 24.2 Å². The smallest absolute Gasteiger partial charge is 0.262 e. The predicted octanol–water partition coefficient (Wildman–Crippen LogP) is 3.67. The van der Waals surface area contributed by atoms with Crippen molar-refractivity contribution in [2.45, 2.75) is 77.3 Å². The maximum Gasteiger partial charge on any atom is 0.262 e. The third-order valence-corrected chi connectivity index (χ3v) is 8.55. The molecule has 0 radical (unpaired) electrons. The second-order valence-corrected chi connectivity index (χ2v) is 10.2. The second-order valence-electron chi connectivity index (χ2n) is 9.08. The van der Waals surface area contributed by atoms with Crippen LogP contribution in [0.15, 0.2) is 11.1 Å². The van der Waals surface area contributed by atoms with Gasteiger partial charge in [-0.05, 0) is 75.2 Å². The van der Waals surface area contributed by atoms with Crippen LogP contribution in [0, 0.1) is 17.8 Å². The highest BCUT2D eigenvalue weighted by molar-refractivity contribution is 7.18. The lowest BCUT2D eigenvalue weighted by Gasteiger charge is -2.28. The molecule has 28 heavy (non-hydrogen) atoms. The summed E-state index contributed by atoms with van der Waals surface area (Å²) in [4.78, 5) is 32.2. The Labute approximate surface area is 169 Å². The van der Waals surface area contributed by atoms with Crippen molar-refractivity contribution in [1.29, 1.82) is 0 Å². The Morgan fingerprint density at radius 1 is 1.32 bits per heavy atom. The Balaban J connectivity index is 1.25. The molecular formula is C22H29N3O2S. The van der Waals surface area contributed by atoms with E-state index < -0.39 is 0 Å². The lowest BCUT2D eigenvalue weighted by Crippen LogP contribution is -2.40. The van der Waals surface area contributed by atoms with Gasteiger partial charge in [-0.15, -0.1) is 11.3 Å². The molecular weight excluding hydrogens is 370 g/mol. The van der Waals surface area contributed by atoms with Gasteiger partial charge < -0.3 is 5.32 Å². The van der Waals surface area contributed by atoms with Crippen molar-refractivity contribution in [3.05, 3.63) is 27.1 Å². The molecule has 1 amide bonds. The first kappa shape index (κ1) is 18.3. The monoisotopic (exact) mass is 399 g/mol. The first-order chi connectivity index (χ1) is 13.6. The van der Waals surface area contributed by atoms with Gasteiger partial charge in [0.15, 0.2) is 0 Å². The SMILES string of the molecule is CC(NC(=O)CCn1cnc2sc3c(c2c1=O)CCCC3)C1CC2CCC1C2. The Bertz CT molecular complexity index is 963. The maximum absolute atomic E-state index is 13.0. The number of carbonyl (C=O) groups excluding carboxylic acids is 1. The fourth-order valence-electron chi connectivity index (χ4n) is 5.90. The van der Waals surface area contributed by atoms with Crippen molar-refractivity contribution in [2.24, 2.45) is 17.8 Å². The van der Waals surface area contributed by atoms with Gasteiger partial charge in [0, 0.05) is 23.9 Å². The lowest BCUT2D eigenvalue weighted by atomic mass is 9.84. The van der Waals surface area contributed by atoms with Gasteiger partial charge in [0.25, 0.3) is 5.56 Å². The molecule has 5 rings (SSSR count). The summed E-state index contributed by atoms with van der Waals surface area (Å²) >= 11 is 1.67. The quantitative estimate of drug-likeness (QED) is 0.834. The number of thiophene rings is 1. The normalized spacial score (nSPS) is 27.1. The van der Waals surface area contributed by atoms with Gasteiger partial charge >= 0.3 is 0 Å². The molecule has 5 nitrogen and oxygen atoms in total. The van der Waals surface area contributed by atoms with Crippen molar-refractivity contribution >= 4 is 27.5 Å². The Morgan fingerprint density at radius 2 is 2.18 bits per heavy atom. The van der Waals surface area contributed by atoms with Gasteiger partial charge in [0.1, 0.15) is 4.83 Å². The molecule has 150 valence electrons. The number of rotatable bonds is 5. The number of aromatic nitrogens is 2. The second kappa shape index (κ2) is 7.29. The van der Waals surface area contributed by atoms with Gasteiger partial charge in [-0.2, -0.15) is 0 Å². The Morgan fingerprint density at radius 3 is 2.96 bits per heavy atom. The highest BCUT2D eigenvalue weighted by atomic mass is 32.1. The van der Waals surface area contributed by atoms with Gasteiger partial charge in [-0.3, -0.25) is 14.2 Å². The minimum atomic E-state index is 0.0263. The van der Waals surface area contributed by atoms with E-state index in [1.165, 1.54) is 42.5 Å². The molecule has 6 heteroatoms. The van der Waals surface area contributed by atoms with Crippen LogP contribution < -0.4 is 10.9 Å². The number of nitrogens with zero attached hydrogens (tertiary/aromatic N) is 2. The Kier molecular flexibility index (Phi) is 4.77. The summed E-state index contributed by atoms with van der Waals surface area (Å²) in [5.41, 5.74) is 1.24. The summed E-state index contributed by atoms with van der Waals surface area (Å²) in [7, 11) is 0. The van der Waals surface area contributed by atoms with Crippen LogP contribution in [0.4, 0.5) is 0 Å². The first-order valence-electron chi connectivity index (χ1n) is 10.9. The zero-order chi connectivity index (χ0) is 19.3. The van der Waals surface area contributed by atoms with Crippen LogP contribution in [0.25, 0.3) is 10.2 Å². The van der Waals surface area contributed by atoms with E-state index in [0.717, 1.165) is 41.3 Å². The standard InChI is InChI=1S/C22H29N3O2S/c1-13(17-11-14-6-7-15(17)10-14)24-19(26)8-9-25-12-23-21-20(22(25)27)16-4-2-3-5-18(16)28-21/h12-15,17H,2-11H2,1H3,(H,24,26). The minimum absolute atomic E-state index is 0.0263. The number of aryl methyl sites for hydroxylation is 3. The summed E-state index contributed by atoms with van der Waals surface area (Å²) in [6.07, 6.45) is 11.7. The van der Waals surface area contributed by atoms with Gasteiger partial charge in [-0.1, -0.05) is 6.42 Å². The summed E-state index contributed by atoms with van der Waals surface area (Å²) in [6, 6.07) is 0.240. The van der Waals surface area contributed by atoms with Crippen molar-refractivity contribution in [1.82, 2.24) is 14.9 Å². The van der Waals surface area contributed by atoms with E-state index in [4.69, 9.17) is 0 Å². The summed E-state index contributed by atoms with van der Waals surface area (Å²) in [5, 5.41) is 4.01. The topological polar surface area (TPSA) is 64.0 Å². The summed E-state index contributed by atoms with van der Waals surface area (Å²) in [5.74, 6) is 2.39. The van der Waals surface area contributed by atoms with Crippen LogP contribution in [0.3, 0.4) is 0 Å². The number of hydrogen-bond acceptors (Lipinski definition) is 4. The van der Waals surface area contributed by atoms with Gasteiger partial charge in [-0.25, -0.2) is 4.98 Å². The molecule has 4 unspecified atom stereocenters. The maximum atomic E-state index is 13.0. The van der Waals surface area contributed by atoms with E-state index in [9.17, 15) is 9.59 Å². The number of hydrogen-bond donors (Lipinski definition) is 1. The molecule has 2 aromatic rings. The lowest BCUT2D eigenvalue weighted by molar-refractivity contribution is -0.122. The number of amides is 1. The molecule has 0 aromatic carbocycles. The number of carbonyl (C=O) groups is 1. The summed E-state index contributed by atoms with van der Waals surface area (Å²) in [6.45, 7) is 2.56. The molecule has 2 heterocycles. The van der Waals surface area contributed by atoms with Crippen molar-refractivity contribution in [3.63, 3.8) is 0 Å². The molecule has 3 aliphatic rings. The average Bonchev–Trinajstić information content (AvgIpc) is 3.41. The highest BCUT2D eigenvalue weighted by Gasteiger charge is 2.42. The van der Waals surface area contributed by atoms with E-state index in [-0.39, 0.29) is 17.5 Å². The molecule has 2 aromatic heterocycles. The van der Waals surface area contributed by atoms with Crippen molar-refractivity contribution in [2.75, 3.05) is 0 Å². The average molecular weight is 400 g/mol. The van der Waals surface area contributed by atoms with E-state index in [0.29, 0.717) is 18.9 Å². The first-order valence-corrected chi connectivity index (χ1v) is 11.7. The van der Waals surface area contributed by atoms with Crippen molar-refractivity contribution in [3.8, 4) is 0 Å². The van der Waals surface area contributed by atoms with Crippen LogP contribution >= 0.6 is 11.3 Å². The van der Waals surface area contributed by atoms with E-state index in [1.54, 1.807) is 22.2 Å². The van der Waals surface area contributed by atoms with E-state index in [2.05, 4.69) is 17.2 Å². The van der Waals surface area contributed by atoms with Crippen LogP contribution in [0.1, 0.15) is 62.3 Å². The molecule has 0 aliphatic heterocycles. The zero-order valence-corrected chi connectivity index (χ0v) is 17.4. The molecule has 2 fully saturated rings. The van der Waals surface area contributed by atoms with Crippen LogP contribution in [0.5, 0.6) is 0 Å². The molecule has 2 saturated carbocycles. The van der Waals surface area contributed by atoms with E-state index >= 15 is 0 Å².